The third-order valence-electron chi connectivity index (χ3n) is 5.79. The summed E-state index contributed by atoms with van der Waals surface area (Å²) in [5.41, 5.74) is 11.3. The highest BCUT2D eigenvalue weighted by Crippen LogP contribution is 2.28. The first kappa shape index (κ1) is 21.5. The number of nitrogens with zero attached hydrogens (tertiary/aromatic N) is 2. The maximum atomic E-state index is 6.54. The molecule has 1 unspecified atom stereocenters. The second kappa shape index (κ2) is 9.18. The standard InChI is InChI=1S/C26H30N3OS/c1-29(2,17-16-24(27)26-23-6-4-5-7-25(23)31-28-26)18-19-8-10-20(11-9-19)21-12-14-22(30-3)15-13-21/h4-15,24H,16-18,27H2,1-3H3/q+1. The first-order chi connectivity index (χ1) is 14.9. The second-order valence-corrected chi connectivity index (χ2v) is 9.51. The van der Waals surface area contributed by atoms with Crippen LogP contribution in [0.25, 0.3) is 21.2 Å². The van der Waals surface area contributed by atoms with Crippen molar-refractivity contribution in [3.05, 3.63) is 84.1 Å². The second-order valence-electron chi connectivity index (χ2n) is 8.70. The van der Waals surface area contributed by atoms with Crippen molar-refractivity contribution in [3.63, 3.8) is 0 Å². The van der Waals surface area contributed by atoms with Crippen molar-refractivity contribution in [2.45, 2.75) is 19.0 Å². The molecule has 0 spiro atoms. The summed E-state index contributed by atoms with van der Waals surface area (Å²) in [4.78, 5) is 0. The molecule has 31 heavy (non-hydrogen) atoms. The lowest BCUT2D eigenvalue weighted by Crippen LogP contribution is -2.40. The van der Waals surface area contributed by atoms with Crippen LogP contribution in [0.2, 0.25) is 0 Å². The summed E-state index contributed by atoms with van der Waals surface area (Å²) in [5.74, 6) is 0.878. The molecule has 0 aliphatic rings. The number of methoxy groups -OCH3 is 1. The largest absolute Gasteiger partial charge is 0.497 e. The van der Waals surface area contributed by atoms with E-state index in [-0.39, 0.29) is 6.04 Å². The molecule has 0 saturated heterocycles. The van der Waals surface area contributed by atoms with Crippen LogP contribution in [0.3, 0.4) is 0 Å². The minimum Gasteiger partial charge on any atom is -0.497 e. The number of quaternary nitrogens is 1. The fourth-order valence-corrected chi connectivity index (χ4v) is 4.80. The Balaban J connectivity index is 1.37. The Kier molecular flexibility index (Phi) is 6.37. The van der Waals surface area contributed by atoms with E-state index in [1.165, 1.54) is 38.3 Å². The van der Waals surface area contributed by atoms with Crippen LogP contribution in [0.1, 0.15) is 23.7 Å². The van der Waals surface area contributed by atoms with Crippen LogP contribution in [0.5, 0.6) is 5.75 Å². The maximum absolute atomic E-state index is 6.54. The Morgan fingerprint density at radius 2 is 1.58 bits per heavy atom. The van der Waals surface area contributed by atoms with Gasteiger partial charge in [0.15, 0.2) is 0 Å². The van der Waals surface area contributed by atoms with Crippen LogP contribution in [0.4, 0.5) is 0 Å². The Labute approximate surface area is 188 Å². The van der Waals surface area contributed by atoms with Crippen molar-refractivity contribution in [1.29, 1.82) is 0 Å². The Morgan fingerprint density at radius 1 is 0.935 bits per heavy atom. The maximum Gasteiger partial charge on any atom is 0.118 e. The average molecular weight is 433 g/mol. The summed E-state index contributed by atoms with van der Waals surface area (Å²) in [7, 11) is 6.22. The normalized spacial score (nSPS) is 12.8. The van der Waals surface area contributed by atoms with E-state index in [9.17, 15) is 0 Å². The fourth-order valence-electron chi connectivity index (χ4n) is 3.96. The molecule has 0 radical (unpaired) electrons. The van der Waals surface area contributed by atoms with Crippen molar-refractivity contribution in [1.82, 2.24) is 4.37 Å². The smallest absolute Gasteiger partial charge is 0.118 e. The van der Waals surface area contributed by atoms with Gasteiger partial charge in [-0.05, 0) is 40.9 Å². The number of benzene rings is 3. The molecule has 0 amide bonds. The van der Waals surface area contributed by atoms with Gasteiger partial charge in [-0.1, -0.05) is 54.6 Å². The third-order valence-corrected chi connectivity index (χ3v) is 6.63. The van der Waals surface area contributed by atoms with Crippen molar-refractivity contribution < 1.29 is 9.22 Å². The van der Waals surface area contributed by atoms with Crippen LogP contribution in [-0.4, -0.2) is 36.6 Å². The predicted molar refractivity (Wildman–Crippen MR) is 130 cm³/mol. The van der Waals surface area contributed by atoms with Gasteiger partial charge in [0.1, 0.15) is 12.3 Å². The zero-order valence-corrected chi connectivity index (χ0v) is 19.2. The van der Waals surface area contributed by atoms with Gasteiger partial charge in [-0.2, -0.15) is 4.37 Å². The molecule has 1 heterocycles. The molecule has 0 aliphatic heterocycles. The molecule has 5 heteroatoms. The highest BCUT2D eigenvalue weighted by atomic mass is 32.1. The van der Waals surface area contributed by atoms with Gasteiger partial charge < -0.3 is 15.0 Å². The lowest BCUT2D eigenvalue weighted by Gasteiger charge is -2.31. The SMILES string of the molecule is COc1ccc(-c2ccc(C[N+](C)(C)CCC(N)c3nsc4ccccc34)cc2)cc1. The molecular formula is C26H30N3OS+. The molecular weight excluding hydrogens is 402 g/mol. The Bertz CT molecular complexity index is 1130. The zero-order chi connectivity index (χ0) is 21.8. The van der Waals surface area contributed by atoms with Crippen molar-refractivity contribution in [2.24, 2.45) is 5.73 Å². The summed E-state index contributed by atoms with van der Waals surface area (Å²) in [6, 6.07) is 25.3. The van der Waals surface area contributed by atoms with E-state index in [0.717, 1.165) is 35.4 Å². The van der Waals surface area contributed by atoms with Crippen LogP contribution in [-0.2, 0) is 6.54 Å². The molecule has 4 aromatic rings. The van der Waals surface area contributed by atoms with Gasteiger partial charge in [-0.3, -0.25) is 0 Å². The molecule has 4 nitrogen and oxygen atoms in total. The van der Waals surface area contributed by atoms with E-state index < -0.39 is 0 Å². The van der Waals surface area contributed by atoms with E-state index in [2.05, 4.69) is 79.1 Å². The predicted octanol–water partition coefficient (Wildman–Crippen LogP) is 5.64. The van der Waals surface area contributed by atoms with E-state index in [1.807, 2.05) is 12.1 Å². The molecule has 0 fully saturated rings. The average Bonchev–Trinajstić information content (AvgIpc) is 3.22. The lowest BCUT2D eigenvalue weighted by molar-refractivity contribution is -0.904. The number of ether oxygens (including phenoxy) is 1. The molecule has 2 N–H and O–H groups in total. The minimum absolute atomic E-state index is 0.0361. The number of hydrogen-bond donors (Lipinski definition) is 1. The number of nitrogens with two attached hydrogens (primary N) is 1. The number of hydrogen-bond acceptors (Lipinski definition) is 4. The van der Waals surface area contributed by atoms with Gasteiger partial charge in [0.2, 0.25) is 0 Å². The molecule has 1 aromatic heterocycles. The van der Waals surface area contributed by atoms with Crippen LogP contribution >= 0.6 is 11.5 Å². The molecule has 0 aliphatic carbocycles. The molecule has 0 bridgehead atoms. The summed E-state index contributed by atoms with van der Waals surface area (Å²) in [6.07, 6.45) is 0.907. The molecule has 0 saturated carbocycles. The van der Waals surface area contributed by atoms with E-state index in [4.69, 9.17) is 10.5 Å². The van der Waals surface area contributed by atoms with Crippen LogP contribution < -0.4 is 10.5 Å². The van der Waals surface area contributed by atoms with E-state index in [1.54, 1.807) is 7.11 Å². The topological polar surface area (TPSA) is 48.1 Å². The first-order valence-corrected chi connectivity index (χ1v) is 11.4. The molecule has 160 valence electrons. The van der Waals surface area contributed by atoms with Gasteiger partial charge in [0.05, 0.1) is 44.2 Å². The van der Waals surface area contributed by atoms with Gasteiger partial charge >= 0.3 is 0 Å². The molecule has 1 atom stereocenters. The Morgan fingerprint density at radius 3 is 2.26 bits per heavy atom. The zero-order valence-electron chi connectivity index (χ0n) is 18.4. The van der Waals surface area contributed by atoms with Gasteiger partial charge in [0.25, 0.3) is 0 Å². The number of aromatic nitrogens is 1. The lowest BCUT2D eigenvalue weighted by atomic mass is 10.0. The Hall–Kier alpha value is -2.73. The minimum atomic E-state index is -0.0361. The number of rotatable bonds is 8. The van der Waals surface area contributed by atoms with E-state index in [0.29, 0.717) is 0 Å². The molecule has 4 rings (SSSR count). The highest BCUT2D eigenvalue weighted by Gasteiger charge is 2.21. The van der Waals surface area contributed by atoms with Gasteiger partial charge in [0, 0.05) is 17.4 Å². The van der Waals surface area contributed by atoms with Gasteiger partial charge in [-0.15, -0.1) is 0 Å². The third kappa shape index (κ3) is 5.13. The molecule has 3 aromatic carbocycles. The van der Waals surface area contributed by atoms with Crippen molar-refractivity contribution in [3.8, 4) is 16.9 Å². The summed E-state index contributed by atoms with van der Waals surface area (Å²) in [5, 5.41) is 1.19. The monoisotopic (exact) mass is 432 g/mol. The van der Waals surface area contributed by atoms with Crippen LogP contribution in [0.15, 0.2) is 72.8 Å². The van der Waals surface area contributed by atoms with Crippen molar-refractivity contribution >= 4 is 21.6 Å². The summed E-state index contributed by atoms with van der Waals surface area (Å²) in [6.45, 7) is 1.96. The van der Waals surface area contributed by atoms with Crippen molar-refractivity contribution in [2.75, 3.05) is 27.7 Å². The van der Waals surface area contributed by atoms with Crippen LogP contribution in [0, 0.1) is 0 Å². The fraction of sp³-hybridized carbons (Fsp3) is 0.269. The van der Waals surface area contributed by atoms with E-state index >= 15 is 0 Å². The number of fused-ring (bicyclic) bond motifs is 1. The summed E-state index contributed by atoms with van der Waals surface area (Å²) < 4.78 is 12.0. The highest BCUT2D eigenvalue weighted by molar-refractivity contribution is 7.13. The first-order valence-electron chi connectivity index (χ1n) is 10.6. The quantitative estimate of drug-likeness (QED) is 0.367. The summed E-state index contributed by atoms with van der Waals surface area (Å²) >= 11 is 1.54. The van der Waals surface area contributed by atoms with Gasteiger partial charge in [-0.25, -0.2) is 0 Å².